The van der Waals surface area contributed by atoms with Gasteiger partial charge in [0.05, 0.1) is 0 Å². The lowest BCUT2D eigenvalue weighted by Crippen LogP contribution is -2.40. The molecule has 2 fully saturated rings. The Kier molecular flexibility index (Phi) is 6.49. The third-order valence-electron chi connectivity index (χ3n) is 4.59. The van der Waals surface area contributed by atoms with E-state index in [1.165, 1.54) is 6.42 Å². The number of carbonyl (C=O) groups is 2. The van der Waals surface area contributed by atoms with Crippen LogP contribution in [0.3, 0.4) is 0 Å². The molecule has 2 heterocycles. The molecular formula is C16H28N2O3. The maximum Gasteiger partial charge on any atom is 0.222 e. The first-order chi connectivity index (χ1) is 10.2. The summed E-state index contributed by atoms with van der Waals surface area (Å²) < 4.78 is 5.13. The Morgan fingerprint density at radius 2 is 2.19 bits per heavy atom. The first-order valence-corrected chi connectivity index (χ1v) is 8.25. The van der Waals surface area contributed by atoms with Gasteiger partial charge < -0.3 is 14.5 Å². The Hall–Kier alpha value is -1.10. The molecule has 1 atom stereocenters. The summed E-state index contributed by atoms with van der Waals surface area (Å²) in [7, 11) is 1.73. The molecule has 2 rings (SSSR count). The minimum atomic E-state index is 0.250. The number of amides is 2. The van der Waals surface area contributed by atoms with Gasteiger partial charge in [0.15, 0.2) is 0 Å². The van der Waals surface area contributed by atoms with Crippen LogP contribution in [-0.4, -0.2) is 61.5 Å². The quantitative estimate of drug-likeness (QED) is 0.718. The highest BCUT2D eigenvalue weighted by Crippen LogP contribution is 2.20. The summed E-state index contributed by atoms with van der Waals surface area (Å²) in [4.78, 5) is 27.7. The molecule has 0 aromatic heterocycles. The highest BCUT2D eigenvalue weighted by molar-refractivity contribution is 5.78. The lowest BCUT2D eigenvalue weighted by molar-refractivity contribution is -0.134. The Labute approximate surface area is 127 Å². The van der Waals surface area contributed by atoms with Crippen LogP contribution < -0.4 is 0 Å². The highest BCUT2D eigenvalue weighted by atomic mass is 16.5. The lowest BCUT2D eigenvalue weighted by Gasteiger charge is -2.33. The van der Waals surface area contributed by atoms with Crippen LogP contribution in [0.25, 0.3) is 0 Å². The molecular weight excluding hydrogens is 268 g/mol. The van der Waals surface area contributed by atoms with Gasteiger partial charge in [-0.25, -0.2) is 0 Å². The minimum Gasteiger partial charge on any atom is -0.385 e. The van der Waals surface area contributed by atoms with E-state index in [0.29, 0.717) is 18.8 Å². The van der Waals surface area contributed by atoms with Crippen molar-refractivity contribution < 1.29 is 14.3 Å². The van der Waals surface area contributed by atoms with E-state index in [9.17, 15) is 9.59 Å². The maximum absolute atomic E-state index is 12.3. The summed E-state index contributed by atoms with van der Waals surface area (Å²) in [6.45, 7) is 4.17. The number of likely N-dealkylation sites (tertiary alicyclic amines) is 2. The summed E-state index contributed by atoms with van der Waals surface area (Å²) >= 11 is 0. The van der Waals surface area contributed by atoms with Gasteiger partial charge in [-0.15, -0.1) is 0 Å². The molecule has 5 nitrogen and oxygen atoms in total. The van der Waals surface area contributed by atoms with Gasteiger partial charge in [-0.3, -0.25) is 9.59 Å². The van der Waals surface area contributed by atoms with Crippen molar-refractivity contribution in [3.05, 3.63) is 0 Å². The van der Waals surface area contributed by atoms with E-state index in [0.717, 1.165) is 58.5 Å². The van der Waals surface area contributed by atoms with E-state index in [1.807, 2.05) is 9.80 Å². The molecule has 0 aromatic rings. The number of methoxy groups -OCH3 is 1. The zero-order valence-corrected chi connectivity index (χ0v) is 13.2. The van der Waals surface area contributed by atoms with Crippen molar-refractivity contribution in [2.24, 2.45) is 5.92 Å². The summed E-state index contributed by atoms with van der Waals surface area (Å²) in [5.74, 6) is 1.09. The van der Waals surface area contributed by atoms with Gasteiger partial charge in [-0.1, -0.05) is 0 Å². The number of ether oxygens (including phenoxy) is 1. The monoisotopic (exact) mass is 296 g/mol. The molecule has 0 N–H and O–H groups in total. The molecule has 0 radical (unpaired) electrons. The fourth-order valence-corrected chi connectivity index (χ4v) is 3.33. The van der Waals surface area contributed by atoms with Crippen molar-refractivity contribution >= 4 is 11.8 Å². The van der Waals surface area contributed by atoms with E-state index in [2.05, 4.69) is 0 Å². The van der Waals surface area contributed by atoms with E-state index in [1.54, 1.807) is 7.11 Å². The molecule has 0 unspecified atom stereocenters. The molecule has 21 heavy (non-hydrogen) atoms. The number of carbonyl (C=O) groups excluding carboxylic acids is 2. The third-order valence-corrected chi connectivity index (χ3v) is 4.59. The van der Waals surface area contributed by atoms with Gasteiger partial charge in [0.1, 0.15) is 0 Å². The molecule has 2 aliphatic heterocycles. The Morgan fingerprint density at radius 1 is 1.33 bits per heavy atom. The van der Waals surface area contributed by atoms with Crippen LogP contribution in [-0.2, 0) is 14.3 Å². The Bertz CT molecular complexity index is 359. The molecule has 0 aromatic carbocycles. The highest BCUT2D eigenvalue weighted by Gasteiger charge is 2.24. The fourth-order valence-electron chi connectivity index (χ4n) is 3.33. The van der Waals surface area contributed by atoms with E-state index < -0.39 is 0 Å². The van der Waals surface area contributed by atoms with Gasteiger partial charge in [0.2, 0.25) is 11.8 Å². The first kappa shape index (κ1) is 16.3. The van der Waals surface area contributed by atoms with Crippen molar-refractivity contribution in [3.63, 3.8) is 0 Å². The standard InChI is InChI=1S/C16H28N2O3/c1-21-12-8-14-5-2-11-18(13-14)16(20)7-4-10-17-9-3-6-15(17)19/h14H,2-13H2,1H3/t14-/m0/s1. The van der Waals surface area contributed by atoms with Crippen LogP contribution in [0.15, 0.2) is 0 Å². The maximum atomic E-state index is 12.3. The van der Waals surface area contributed by atoms with E-state index in [4.69, 9.17) is 4.74 Å². The van der Waals surface area contributed by atoms with Crippen molar-refractivity contribution in [2.75, 3.05) is 39.9 Å². The minimum absolute atomic E-state index is 0.250. The number of rotatable bonds is 7. The molecule has 0 bridgehead atoms. The zero-order valence-electron chi connectivity index (χ0n) is 13.2. The van der Waals surface area contributed by atoms with E-state index >= 15 is 0 Å². The number of nitrogens with zero attached hydrogens (tertiary/aromatic N) is 2. The van der Waals surface area contributed by atoms with Crippen molar-refractivity contribution in [3.8, 4) is 0 Å². The molecule has 5 heteroatoms. The van der Waals surface area contributed by atoms with Gasteiger partial charge in [0, 0.05) is 52.7 Å². The molecule has 120 valence electrons. The second kappa shape index (κ2) is 8.37. The van der Waals surface area contributed by atoms with E-state index in [-0.39, 0.29) is 11.8 Å². The second-order valence-corrected chi connectivity index (χ2v) is 6.22. The molecule has 0 aliphatic carbocycles. The average Bonchev–Trinajstić information content (AvgIpc) is 2.91. The predicted molar refractivity (Wildman–Crippen MR) is 80.8 cm³/mol. The zero-order chi connectivity index (χ0) is 15.1. The first-order valence-electron chi connectivity index (χ1n) is 8.25. The summed E-state index contributed by atoms with van der Waals surface area (Å²) in [5.41, 5.74) is 0. The molecule has 2 saturated heterocycles. The number of hydrogen-bond donors (Lipinski definition) is 0. The Balaban J connectivity index is 1.66. The third kappa shape index (κ3) is 4.99. The molecule has 2 amide bonds. The predicted octanol–water partition coefficient (Wildman–Crippen LogP) is 1.66. The fraction of sp³-hybridized carbons (Fsp3) is 0.875. The Morgan fingerprint density at radius 3 is 2.90 bits per heavy atom. The molecule has 0 spiro atoms. The normalized spacial score (nSPS) is 22.9. The number of hydrogen-bond acceptors (Lipinski definition) is 3. The topological polar surface area (TPSA) is 49.9 Å². The van der Waals surface area contributed by atoms with Crippen LogP contribution in [0.4, 0.5) is 0 Å². The summed E-state index contributed by atoms with van der Waals surface area (Å²) in [6, 6.07) is 0. The van der Waals surface area contributed by atoms with Gasteiger partial charge >= 0.3 is 0 Å². The average molecular weight is 296 g/mol. The van der Waals surface area contributed by atoms with Crippen LogP contribution in [0.5, 0.6) is 0 Å². The largest absolute Gasteiger partial charge is 0.385 e. The smallest absolute Gasteiger partial charge is 0.222 e. The van der Waals surface area contributed by atoms with Gasteiger partial charge in [0.25, 0.3) is 0 Å². The van der Waals surface area contributed by atoms with Crippen molar-refractivity contribution in [1.29, 1.82) is 0 Å². The van der Waals surface area contributed by atoms with Crippen LogP contribution in [0, 0.1) is 5.92 Å². The summed E-state index contributed by atoms with van der Waals surface area (Å²) in [6.07, 6.45) is 6.37. The van der Waals surface area contributed by atoms with Crippen molar-refractivity contribution in [2.45, 2.75) is 44.9 Å². The van der Waals surface area contributed by atoms with Crippen LogP contribution in [0.1, 0.15) is 44.9 Å². The van der Waals surface area contributed by atoms with Crippen LogP contribution >= 0.6 is 0 Å². The van der Waals surface area contributed by atoms with Crippen LogP contribution in [0.2, 0.25) is 0 Å². The van der Waals surface area contributed by atoms with Gasteiger partial charge in [-0.2, -0.15) is 0 Å². The SMILES string of the molecule is COCC[C@@H]1CCCN(C(=O)CCCN2CCCC2=O)C1. The van der Waals surface area contributed by atoms with Gasteiger partial charge in [-0.05, 0) is 38.0 Å². The molecule has 0 saturated carbocycles. The summed E-state index contributed by atoms with van der Waals surface area (Å²) in [5, 5.41) is 0. The second-order valence-electron chi connectivity index (χ2n) is 6.22. The molecule has 2 aliphatic rings. The van der Waals surface area contributed by atoms with Crippen molar-refractivity contribution in [1.82, 2.24) is 9.80 Å². The lowest BCUT2D eigenvalue weighted by atomic mass is 9.95. The number of piperidine rings is 1.